The van der Waals surface area contributed by atoms with Gasteiger partial charge in [0.15, 0.2) is 0 Å². The van der Waals surface area contributed by atoms with Crippen molar-refractivity contribution in [2.24, 2.45) is 5.92 Å². The molecular weight excluding hydrogens is 374 g/mol. The molecule has 1 aliphatic rings. The SMILES string of the molecule is CC1CCN(c2ccc(NC(=O)C(=O)NCCc3ccc(Cl)cc3)cc2)CC1. The van der Waals surface area contributed by atoms with E-state index in [2.05, 4.69) is 22.5 Å². The van der Waals surface area contributed by atoms with Crippen LogP contribution in [0.5, 0.6) is 0 Å². The fourth-order valence-electron chi connectivity index (χ4n) is 3.26. The Morgan fingerprint density at radius 2 is 1.64 bits per heavy atom. The number of hydrogen-bond acceptors (Lipinski definition) is 3. The van der Waals surface area contributed by atoms with Gasteiger partial charge in [0.2, 0.25) is 0 Å². The molecule has 1 heterocycles. The number of benzene rings is 2. The standard InChI is InChI=1S/C22H26ClN3O2/c1-16-11-14-26(15-12-16)20-8-6-19(7-9-20)25-22(28)21(27)24-13-10-17-2-4-18(23)5-3-17/h2-9,16H,10-15H2,1H3,(H,24,27)(H,25,28). The van der Waals surface area contributed by atoms with Crippen molar-refractivity contribution in [1.82, 2.24) is 5.32 Å². The van der Waals surface area contributed by atoms with Gasteiger partial charge in [0.05, 0.1) is 0 Å². The van der Waals surface area contributed by atoms with Crippen molar-refractivity contribution >= 4 is 34.8 Å². The van der Waals surface area contributed by atoms with Crippen molar-refractivity contribution < 1.29 is 9.59 Å². The number of carbonyl (C=O) groups is 2. The van der Waals surface area contributed by atoms with E-state index in [0.717, 1.165) is 30.3 Å². The first-order valence-corrected chi connectivity index (χ1v) is 10.1. The van der Waals surface area contributed by atoms with E-state index in [4.69, 9.17) is 11.6 Å². The van der Waals surface area contributed by atoms with Crippen LogP contribution in [0.4, 0.5) is 11.4 Å². The first-order valence-electron chi connectivity index (χ1n) is 9.70. The molecule has 0 spiro atoms. The number of carbonyl (C=O) groups excluding carboxylic acids is 2. The van der Waals surface area contributed by atoms with Gasteiger partial charge in [-0.05, 0) is 67.1 Å². The fraction of sp³-hybridized carbons (Fsp3) is 0.364. The topological polar surface area (TPSA) is 61.4 Å². The van der Waals surface area contributed by atoms with Crippen molar-refractivity contribution in [3.63, 3.8) is 0 Å². The van der Waals surface area contributed by atoms with Gasteiger partial charge in [-0.1, -0.05) is 30.7 Å². The van der Waals surface area contributed by atoms with Crippen LogP contribution in [0.3, 0.4) is 0 Å². The maximum absolute atomic E-state index is 12.1. The van der Waals surface area contributed by atoms with Crippen LogP contribution in [0.2, 0.25) is 5.02 Å². The monoisotopic (exact) mass is 399 g/mol. The molecule has 0 aliphatic carbocycles. The fourth-order valence-corrected chi connectivity index (χ4v) is 3.39. The van der Waals surface area contributed by atoms with E-state index in [1.165, 1.54) is 12.8 Å². The van der Waals surface area contributed by atoms with Crippen LogP contribution in [0.25, 0.3) is 0 Å². The summed E-state index contributed by atoms with van der Waals surface area (Å²) in [7, 11) is 0. The molecule has 0 unspecified atom stereocenters. The van der Waals surface area contributed by atoms with Crippen LogP contribution in [-0.4, -0.2) is 31.4 Å². The Kier molecular flexibility index (Phi) is 6.93. The molecule has 2 aromatic rings. The zero-order valence-electron chi connectivity index (χ0n) is 16.1. The lowest BCUT2D eigenvalue weighted by atomic mass is 9.99. The van der Waals surface area contributed by atoms with E-state index in [9.17, 15) is 9.59 Å². The third-order valence-electron chi connectivity index (χ3n) is 5.09. The highest BCUT2D eigenvalue weighted by Crippen LogP contribution is 2.24. The van der Waals surface area contributed by atoms with Crippen LogP contribution in [0.1, 0.15) is 25.3 Å². The van der Waals surface area contributed by atoms with Crippen molar-refractivity contribution in [3.8, 4) is 0 Å². The molecule has 1 fully saturated rings. The highest BCUT2D eigenvalue weighted by atomic mass is 35.5. The van der Waals surface area contributed by atoms with Gasteiger partial charge in [-0.25, -0.2) is 0 Å². The van der Waals surface area contributed by atoms with Gasteiger partial charge in [-0.3, -0.25) is 9.59 Å². The van der Waals surface area contributed by atoms with Crippen LogP contribution < -0.4 is 15.5 Å². The smallest absolute Gasteiger partial charge is 0.313 e. The molecule has 1 saturated heterocycles. The van der Waals surface area contributed by atoms with Crippen LogP contribution in [0, 0.1) is 5.92 Å². The Morgan fingerprint density at radius 3 is 2.29 bits per heavy atom. The Balaban J connectivity index is 1.44. The zero-order chi connectivity index (χ0) is 19.9. The van der Waals surface area contributed by atoms with Gasteiger partial charge >= 0.3 is 11.8 Å². The predicted molar refractivity (Wildman–Crippen MR) is 114 cm³/mol. The number of hydrogen-bond donors (Lipinski definition) is 2. The van der Waals surface area contributed by atoms with E-state index in [-0.39, 0.29) is 0 Å². The lowest BCUT2D eigenvalue weighted by molar-refractivity contribution is -0.136. The summed E-state index contributed by atoms with van der Waals surface area (Å²) in [5.74, 6) is -0.508. The average molecular weight is 400 g/mol. The molecule has 2 N–H and O–H groups in total. The summed E-state index contributed by atoms with van der Waals surface area (Å²) in [4.78, 5) is 26.4. The van der Waals surface area contributed by atoms with Crippen LogP contribution in [-0.2, 0) is 16.0 Å². The molecule has 0 atom stereocenters. The molecule has 0 aromatic heterocycles. The van der Waals surface area contributed by atoms with E-state index in [1.54, 1.807) is 12.1 Å². The number of rotatable bonds is 5. The van der Waals surface area contributed by atoms with Gasteiger partial charge in [-0.2, -0.15) is 0 Å². The van der Waals surface area contributed by atoms with Crippen LogP contribution >= 0.6 is 11.6 Å². The Hall–Kier alpha value is -2.53. The lowest BCUT2D eigenvalue weighted by Crippen LogP contribution is -2.36. The van der Waals surface area contributed by atoms with Crippen molar-refractivity contribution in [2.45, 2.75) is 26.2 Å². The molecule has 5 nitrogen and oxygen atoms in total. The highest BCUT2D eigenvalue weighted by Gasteiger charge is 2.17. The second-order valence-corrected chi connectivity index (χ2v) is 7.74. The largest absolute Gasteiger partial charge is 0.372 e. The summed E-state index contributed by atoms with van der Waals surface area (Å²) in [6.07, 6.45) is 3.04. The summed E-state index contributed by atoms with van der Waals surface area (Å²) in [6.45, 7) is 4.79. The van der Waals surface area contributed by atoms with Crippen molar-refractivity contribution in [2.75, 3.05) is 29.9 Å². The molecule has 6 heteroatoms. The Bertz CT molecular complexity index is 798. The number of amides is 2. The molecule has 0 saturated carbocycles. The average Bonchev–Trinajstić information content (AvgIpc) is 2.70. The number of nitrogens with one attached hydrogen (secondary N) is 2. The zero-order valence-corrected chi connectivity index (χ0v) is 16.8. The lowest BCUT2D eigenvalue weighted by Gasteiger charge is -2.32. The van der Waals surface area contributed by atoms with Gasteiger partial charge in [0, 0.05) is 36.0 Å². The molecule has 28 heavy (non-hydrogen) atoms. The van der Waals surface area contributed by atoms with E-state index in [0.29, 0.717) is 23.7 Å². The van der Waals surface area contributed by atoms with Gasteiger partial charge in [0.1, 0.15) is 0 Å². The molecule has 148 valence electrons. The second-order valence-electron chi connectivity index (χ2n) is 7.30. The third-order valence-corrected chi connectivity index (χ3v) is 5.34. The van der Waals surface area contributed by atoms with Crippen molar-refractivity contribution in [3.05, 3.63) is 59.1 Å². The first-order chi connectivity index (χ1) is 13.5. The summed E-state index contributed by atoms with van der Waals surface area (Å²) in [5.41, 5.74) is 2.82. The Labute approximate surface area is 171 Å². The van der Waals surface area contributed by atoms with Gasteiger partial charge in [-0.15, -0.1) is 0 Å². The van der Waals surface area contributed by atoms with Crippen molar-refractivity contribution in [1.29, 1.82) is 0 Å². The maximum atomic E-state index is 12.1. The summed E-state index contributed by atoms with van der Waals surface area (Å²) in [6, 6.07) is 15.1. The van der Waals surface area contributed by atoms with Gasteiger partial charge < -0.3 is 15.5 Å². The summed E-state index contributed by atoms with van der Waals surface area (Å²) >= 11 is 5.85. The molecular formula is C22H26ClN3O2. The van der Waals surface area contributed by atoms with E-state index in [1.807, 2.05) is 36.4 Å². The highest BCUT2D eigenvalue weighted by molar-refractivity contribution is 6.39. The summed E-state index contributed by atoms with van der Waals surface area (Å²) in [5, 5.41) is 5.96. The molecule has 1 aliphatic heterocycles. The first kappa shape index (κ1) is 20.2. The molecule has 2 aromatic carbocycles. The molecule has 3 rings (SSSR count). The Morgan fingerprint density at radius 1 is 1.00 bits per heavy atom. The second kappa shape index (κ2) is 9.60. The van der Waals surface area contributed by atoms with E-state index >= 15 is 0 Å². The van der Waals surface area contributed by atoms with E-state index < -0.39 is 11.8 Å². The third kappa shape index (κ3) is 5.73. The molecule has 2 amide bonds. The minimum atomic E-state index is -0.657. The minimum absolute atomic E-state index is 0.389. The quantitative estimate of drug-likeness (QED) is 0.750. The number of piperidine rings is 1. The minimum Gasteiger partial charge on any atom is -0.372 e. The number of anilines is 2. The van der Waals surface area contributed by atoms with Gasteiger partial charge in [0.25, 0.3) is 0 Å². The maximum Gasteiger partial charge on any atom is 0.313 e. The molecule has 0 radical (unpaired) electrons. The normalized spacial score (nSPS) is 14.6. The number of nitrogens with zero attached hydrogens (tertiary/aromatic N) is 1. The molecule has 0 bridgehead atoms. The number of halogens is 1. The van der Waals surface area contributed by atoms with Crippen LogP contribution in [0.15, 0.2) is 48.5 Å². The summed E-state index contributed by atoms with van der Waals surface area (Å²) < 4.78 is 0. The predicted octanol–water partition coefficient (Wildman–Crippen LogP) is 3.87.